The number of ether oxygens (including phenoxy) is 1. The van der Waals surface area contributed by atoms with Crippen LogP contribution >= 0.6 is 0 Å². The first kappa shape index (κ1) is 23.4. The summed E-state index contributed by atoms with van der Waals surface area (Å²) >= 11 is 0. The molecule has 1 aliphatic heterocycles. The second kappa shape index (κ2) is 9.07. The van der Waals surface area contributed by atoms with Gasteiger partial charge in [0, 0.05) is 24.3 Å². The summed E-state index contributed by atoms with van der Waals surface area (Å²) in [5.41, 5.74) is 3.76. The van der Waals surface area contributed by atoms with Gasteiger partial charge in [-0.1, -0.05) is 25.0 Å². The van der Waals surface area contributed by atoms with Crippen molar-refractivity contribution in [3.63, 3.8) is 0 Å². The fourth-order valence-corrected chi connectivity index (χ4v) is 5.16. The number of amides is 1. The molecule has 0 aromatic heterocycles. The van der Waals surface area contributed by atoms with Crippen molar-refractivity contribution < 1.29 is 19.7 Å². The molecule has 0 bridgehead atoms. The van der Waals surface area contributed by atoms with Crippen molar-refractivity contribution in [3.05, 3.63) is 41.0 Å². The number of aromatic hydroxyl groups is 2. The van der Waals surface area contributed by atoms with Gasteiger partial charge in [0.15, 0.2) is 0 Å². The molecule has 5 heteroatoms. The molecule has 1 aromatic rings. The number of hydrogen-bond donors (Lipinski definition) is 2. The van der Waals surface area contributed by atoms with Crippen molar-refractivity contribution in [1.29, 1.82) is 0 Å². The summed E-state index contributed by atoms with van der Waals surface area (Å²) in [6.07, 6.45) is 7.69. The van der Waals surface area contributed by atoms with E-state index in [0.717, 1.165) is 25.7 Å². The van der Waals surface area contributed by atoms with Gasteiger partial charge in [0.05, 0.1) is 6.61 Å². The molecule has 5 nitrogen and oxygen atoms in total. The first-order valence-corrected chi connectivity index (χ1v) is 11.4. The maximum atomic E-state index is 13.2. The lowest BCUT2D eigenvalue weighted by molar-refractivity contribution is -0.186. The van der Waals surface area contributed by atoms with E-state index >= 15 is 0 Å². The normalized spacial score (nSPS) is 24.4. The molecule has 1 heterocycles. The lowest BCUT2D eigenvalue weighted by atomic mass is 9.71. The quantitative estimate of drug-likeness (QED) is 0.462. The van der Waals surface area contributed by atoms with E-state index in [1.54, 1.807) is 19.1 Å². The summed E-state index contributed by atoms with van der Waals surface area (Å²) in [6.45, 7) is 12.0. The van der Waals surface area contributed by atoms with Gasteiger partial charge in [-0.3, -0.25) is 4.79 Å². The van der Waals surface area contributed by atoms with Gasteiger partial charge in [0.2, 0.25) is 5.91 Å². The number of phenolic OH excluding ortho intramolecular Hbond substituents is 2. The Morgan fingerprint density at radius 1 is 1.23 bits per heavy atom. The van der Waals surface area contributed by atoms with Crippen LogP contribution in [-0.2, 0) is 9.53 Å². The predicted octanol–water partition coefficient (Wildman–Crippen LogP) is 5.77. The van der Waals surface area contributed by atoms with Crippen LogP contribution in [0.25, 0.3) is 5.57 Å². The van der Waals surface area contributed by atoms with Crippen LogP contribution in [0.4, 0.5) is 0 Å². The number of rotatable bonds is 5. The van der Waals surface area contributed by atoms with Crippen LogP contribution in [0, 0.1) is 5.41 Å². The highest BCUT2D eigenvalue weighted by atomic mass is 16.5. The zero-order valence-corrected chi connectivity index (χ0v) is 19.6. The highest BCUT2D eigenvalue weighted by Crippen LogP contribution is 2.44. The largest absolute Gasteiger partial charge is 0.508 e. The smallest absolute Gasteiger partial charge is 0.249 e. The number of nitrogens with zero attached hydrogens (tertiary/aromatic N) is 1. The molecule has 1 aliphatic carbocycles. The SMILES string of the molecule is CC1=C(CCC2(C)OCCCN2C(=O)/C=C(\C)c2ccc(O)cc2O)C(C)(C)CCC1. The summed E-state index contributed by atoms with van der Waals surface area (Å²) < 4.78 is 6.19. The molecule has 0 saturated carbocycles. The molecular formula is C26H37NO4. The van der Waals surface area contributed by atoms with E-state index in [0.29, 0.717) is 24.3 Å². The van der Waals surface area contributed by atoms with E-state index in [9.17, 15) is 15.0 Å². The van der Waals surface area contributed by atoms with E-state index in [-0.39, 0.29) is 22.8 Å². The number of benzene rings is 1. The van der Waals surface area contributed by atoms with Crippen LogP contribution in [0.15, 0.2) is 35.4 Å². The molecular weight excluding hydrogens is 390 g/mol. The fourth-order valence-electron chi connectivity index (χ4n) is 5.16. The predicted molar refractivity (Wildman–Crippen MR) is 124 cm³/mol. The Morgan fingerprint density at radius 2 is 1.97 bits per heavy atom. The Hall–Kier alpha value is -2.27. The monoisotopic (exact) mass is 427 g/mol. The standard InChI is InChI=1S/C26H37NO4/c1-18-8-6-12-25(3,4)22(18)11-13-26(5)27(14-7-15-31-26)24(30)16-19(2)21-10-9-20(28)17-23(21)29/h9-10,16-17,28-29H,6-8,11-15H2,1-5H3/b19-16+. The number of carbonyl (C=O) groups excluding carboxylic acids is 1. The minimum Gasteiger partial charge on any atom is -0.508 e. The van der Waals surface area contributed by atoms with E-state index in [4.69, 9.17) is 4.74 Å². The molecule has 1 unspecified atom stereocenters. The number of phenols is 2. The second-order valence-electron chi connectivity index (χ2n) is 9.89. The van der Waals surface area contributed by atoms with Crippen molar-refractivity contribution in [2.45, 2.75) is 78.9 Å². The summed E-state index contributed by atoms with van der Waals surface area (Å²) in [5, 5.41) is 19.7. The van der Waals surface area contributed by atoms with E-state index in [1.165, 1.54) is 36.1 Å². The Balaban J connectivity index is 1.79. The Bertz CT molecular complexity index is 899. The minimum atomic E-state index is -0.649. The van der Waals surface area contributed by atoms with Gasteiger partial charge in [-0.15, -0.1) is 0 Å². The van der Waals surface area contributed by atoms with Crippen molar-refractivity contribution in [2.24, 2.45) is 5.41 Å². The molecule has 170 valence electrons. The van der Waals surface area contributed by atoms with Crippen molar-refractivity contribution in [3.8, 4) is 11.5 Å². The van der Waals surface area contributed by atoms with Gasteiger partial charge in [-0.25, -0.2) is 0 Å². The second-order valence-corrected chi connectivity index (χ2v) is 9.89. The van der Waals surface area contributed by atoms with Gasteiger partial charge >= 0.3 is 0 Å². The molecule has 1 amide bonds. The Labute approximate surface area is 186 Å². The molecule has 0 radical (unpaired) electrons. The van der Waals surface area contributed by atoms with Crippen LogP contribution in [0.3, 0.4) is 0 Å². The molecule has 1 saturated heterocycles. The van der Waals surface area contributed by atoms with Gasteiger partial charge in [-0.05, 0) is 82.4 Å². The third kappa shape index (κ3) is 5.15. The molecule has 3 rings (SSSR count). The molecule has 2 N–H and O–H groups in total. The van der Waals surface area contributed by atoms with Crippen LogP contribution < -0.4 is 0 Å². The van der Waals surface area contributed by atoms with E-state index in [1.807, 2.05) is 11.8 Å². The van der Waals surface area contributed by atoms with Crippen molar-refractivity contribution in [2.75, 3.05) is 13.2 Å². The molecule has 1 aromatic carbocycles. The summed E-state index contributed by atoms with van der Waals surface area (Å²) in [5.74, 6) is -0.158. The first-order chi connectivity index (χ1) is 14.5. The number of carbonyl (C=O) groups is 1. The average Bonchev–Trinajstić information content (AvgIpc) is 2.67. The average molecular weight is 428 g/mol. The topological polar surface area (TPSA) is 70.0 Å². The molecule has 0 spiro atoms. The molecule has 2 aliphatic rings. The summed E-state index contributed by atoms with van der Waals surface area (Å²) in [6, 6.07) is 4.41. The summed E-state index contributed by atoms with van der Waals surface area (Å²) in [4.78, 5) is 15.1. The third-order valence-corrected chi connectivity index (χ3v) is 7.05. The Morgan fingerprint density at radius 3 is 2.65 bits per heavy atom. The summed E-state index contributed by atoms with van der Waals surface area (Å²) in [7, 11) is 0. The van der Waals surface area contributed by atoms with Crippen LogP contribution in [-0.4, -0.2) is 39.9 Å². The number of allylic oxidation sites excluding steroid dienone is 3. The number of hydrogen-bond acceptors (Lipinski definition) is 4. The highest BCUT2D eigenvalue weighted by Gasteiger charge is 2.39. The van der Waals surface area contributed by atoms with E-state index < -0.39 is 5.72 Å². The van der Waals surface area contributed by atoms with Crippen molar-refractivity contribution >= 4 is 11.5 Å². The molecule has 1 atom stereocenters. The molecule has 1 fully saturated rings. The Kier molecular flexibility index (Phi) is 6.85. The van der Waals surface area contributed by atoms with Gasteiger partial charge in [0.25, 0.3) is 0 Å². The maximum absolute atomic E-state index is 13.2. The van der Waals surface area contributed by atoms with Crippen LogP contribution in [0.1, 0.15) is 78.7 Å². The first-order valence-electron chi connectivity index (χ1n) is 11.4. The van der Waals surface area contributed by atoms with Gasteiger partial charge in [-0.2, -0.15) is 0 Å². The maximum Gasteiger partial charge on any atom is 0.249 e. The van der Waals surface area contributed by atoms with Crippen LogP contribution in [0.5, 0.6) is 11.5 Å². The highest BCUT2D eigenvalue weighted by molar-refractivity contribution is 5.95. The van der Waals surface area contributed by atoms with Gasteiger partial charge in [0.1, 0.15) is 17.2 Å². The lowest BCUT2D eigenvalue weighted by Crippen LogP contribution is -2.55. The third-order valence-electron chi connectivity index (χ3n) is 7.05. The fraction of sp³-hybridized carbons (Fsp3) is 0.577. The zero-order chi connectivity index (χ0) is 22.8. The lowest BCUT2D eigenvalue weighted by Gasteiger charge is -2.45. The van der Waals surface area contributed by atoms with Crippen molar-refractivity contribution in [1.82, 2.24) is 4.90 Å². The van der Waals surface area contributed by atoms with Gasteiger partial charge < -0.3 is 19.8 Å². The zero-order valence-electron chi connectivity index (χ0n) is 19.6. The minimum absolute atomic E-state index is 0.00684. The van der Waals surface area contributed by atoms with Crippen LogP contribution in [0.2, 0.25) is 0 Å². The molecule has 31 heavy (non-hydrogen) atoms. The van der Waals surface area contributed by atoms with E-state index in [2.05, 4.69) is 20.8 Å².